The van der Waals surface area contributed by atoms with E-state index < -0.39 is 11.8 Å². The topological polar surface area (TPSA) is 55.8 Å². The first-order valence-corrected chi connectivity index (χ1v) is 10.9. The number of alkyl halides is 1. The van der Waals surface area contributed by atoms with Gasteiger partial charge in [0, 0.05) is 19.2 Å². The molecule has 0 aliphatic carbocycles. The normalized spacial score (nSPS) is 18.1. The molecule has 3 rings (SSSR count). The number of hydrogen-bond acceptors (Lipinski definition) is 4. The van der Waals surface area contributed by atoms with Gasteiger partial charge in [-0.3, -0.25) is 0 Å². The van der Waals surface area contributed by atoms with E-state index in [-0.39, 0.29) is 5.75 Å². The van der Waals surface area contributed by atoms with E-state index in [0.717, 1.165) is 36.0 Å². The second kappa shape index (κ2) is 9.08. The Kier molecular flexibility index (Phi) is 6.74. The third kappa shape index (κ3) is 4.69. The van der Waals surface area contributed by atoms with Gasteiger partial charge in [0.25, 0.3) is 5.79 Å². The number of hydrogen-bond donors (Lipinski definition) is 1. The number of fused-ring (bicyclic) bond motifs is 1. The number of aryl methyl sites for hydroxylation is 2. The molecule has 1 N–H and O–H groups in total. The number of carbonyl (C=O) groups is 1. The lowest BCUT2D eigenvalue weighted by atomic mass is 9.92. The Bertz CT molecular complexity index is 893. The highest BCUT2D eigenvalue weighted by atomic mass is 35.5. The fourth-order valence-corrected chi connectivity index (χ4v) is 3.97. The van der Waals surface area contributed by atoms with E-state index >= 15 is 0 Å². The summed E-state index contributed by atoms with van der Waals surface area (Å²) in [4.78, 5) is 13.1. The van der Waals surface area contributed by atoms with E-state index in [1.807, 2.05) is 31.2 Å². The lowest BCUT2D eigenvalue weighted by molar-refractivity contribution is -0.145. The molecule has 1 unspecified atom stereocenters. The van der Waals surface area contributed by atoms with Gasteiger partial charge in [0.05, 0.1) is 5.56 Å². The Balaban J connectivity index is 2.15. The van der Waals surface area contributed by atoms with Crippen LogP contribution in [0.2, 0.25) is 0 Å². The van der Waals surface area contributed by atoms with Crippen molar-refractivity contribution in [3.05, 3.63) is 47.0 Å². The Hall–Kier alpha value is -2.20. The molecule has 2 aromatic rings. The number of cyclic esters (lactones) is 1. The van der Waals surface area contributed by atoms with Gasteiger partial charge in [-0.15, -0.1) is 11.6 Å². The molecule has 0 fully saturated rings. The van der Waals surface area contributed by atoms with Crippen molar-refractivity contribution in [2.45, 2.75) is 65.1 Å². The van der Waals surface area contributed by atoms with Crippen LogP contribution in [0, 0.1) is 6.92 Å². The Morgan fingerprint density at radius 3 is 2.59 bits per heavy atom. The molecule has 4 nitrogen and oxygen atoms in total. The first-order valence-electron chi connectivity index (χ1n) is 10.3. The number of phenols is 1. The van der Waals surface area contributed by atoms with Gasteiger partial charge in [-0.25, -0.2) is 4.79 Å². The number of aromatic hydroxyl groups is 1. The van der Waals surface area contributed by atoms with Crippen LogP contribution in [0.3, 0.4) is 0 Å². The van der Waals surface area contributed by atoms with Crippen molar-refractivity contribution < 1.29 is 19.4 Å². The lowest BCUT2D eigenvalue weighted by Crippen LogP contribution is -2.42. The van der Waals surface area contributed by atoms with Gasteiger partial charge in [0.1, 0.15) is 11.3 Å². The molecule has 0 saturated carbocycles. The minimum absolute atomic E-state index is 0.121. The Morgan fingerprint density at radius 2 is 1.90 bits per heavy atom. The van der Waals surface area contributed by atoms with Crippen molar-refractivity contribution in [3.63, 3.8) is 0 Å². The number of ether oxygens (including phenoxy) is 2. The summed E-state index contributed by atoms with van der Waals surface area (Å²) >= 11 is 5.85. The Morgan fingerprint density at radius 1 is 1.10 bits per heavy atom. The molecule has 5 heteroatoms. The van der Waals surface area contributed by atoms with Gasteiger partial charge in [-0.2, -0.15) is 0 Å². The van der Waals surface area contributed by atoms with Gasteiger partial charge < -0.3 is 14.6 Å². The highest BCUT2D eigenvalue weighted by Crippen LogP contribution is 2.47. The largest absolute Gasteiger partial charge is 0.507 e. The smallest absolute Gasteiger partial charge is 0.345 e. The van der Waals surface area contributed by atoms with Gasteiger partial charge in [-0.05, 0) is 43.4 Å². The van der Waals surface area contributed by atoms with E-state index in [9.17, 15) is 9.90 Å². The molecule has 1 atom stereocenters. The van der Waals surface area contributed by atoms with Crippen molar-refractivity contribution in [1.29, 1.82) is 0 Å². The molecule has 0 saturated heterocycles. The first kappa shape index (κ1) is 21.5. The lowest BCUT2D eigenvalue weighted by Gasteiger charge is -2.37. The Labute approximate surface area is 177 Å². The quantitative estimate of drug-likeness (QED) is 0.308. The molecule has 0 aromatic heterocycles. The van der Waals surface area contributed by atoms with Crippen LogP contribution in [0.5, 0.6) is 11.5 Å². The summed E-state index contributed by atoms with van der Waals surface area (Å²) in [6.45, 7) is 5.88. The fourth-order valence-electron chi connectivity index (χ4n) is 3.84. The van der Waals surface area contributed by atoms with E-state index in [4.69, 9.17) is 21.1 Å². The van der Waals surface area contributed by atoms with Crippen LogP contribution in [-0.2, 0) is 11.2 Å². The maximum Gasteiger partial charge on any atom is 0.345 e. The number of rotatable bonds is 8. The predicted molar refractivity (Wildman–Crippen MR) is 116 cm³/mol. The number of unbranched alkanes of at least 4 members (excludes halogenated alkanes) is 2. The van der Waals surface area contributed by atoms with Crippen molar-refractivity contribution in [1.82, 2.24) is 0 Å². The molecule has 29 heavy (non-hydrogen) atoms. The number of carbonyl (C=O) groups excluding carboxylic acids is 1. The van der Waals surface area contributed by atoms with Crippen LogP contribution in [-0.4, -0.2) is 22.7 Å². The molecule has 0 radical (unpaired) electrons. The summed E-state index contributed by atoms with van der Waals surface area (Å²) in [6.07, 6.45) is 4.89. The molecule has 0 amide bonds. The zero-order valence-corrected chi connectivity index (χ0v) is 18.1. The average Bonchev–Trinajstić information content (AvgIpc) is 2.66. The van der Waals surface area contributed by atoms with Crippen LogP contribution in [0.15, 0.2) is 30.3 Å². The zero-order valence-electron chi connectivity index (χ0n) is 17.4. The van der Waals surface area contributed by atoms with Crippen molar-refractivity contribution in [2.24, 2.45) is 0 Å². The molecule has 1 aliphatic rings. The minimum Gasteiger partial charge on any atom is -0.507 e. The van der Waals surface area contributed by atoms with E-state index in [1.54, 1.807) is 13.0 Å². The summed E-state index contributed by atoms with van der Waals surface area (Å²) in [5.41, 5.74) is 3.61. The number of benzene rings is 2. The molecule has 0 bridgehead atoms. The summed E-state index contributed by atoms with van der Waals surface area (Å²) < 4.78 is 12.0. The molecule has 156 valence electrons. The molecule has 1 heterocycles. The van der Waals surface area contributed by atoms with Crippen LogP contribution >= 0.6 is 11.6 Å². The van der Waals surface area contributed by atoms with E-state index in [1.165, 1.54) is 0 Å². The fraction of sp³-hybridized carbons (Fsp3) is 0.458. The summed E-state index contributed by atoms with van der Waals surface area (Å²) in [6, 6.07) is 9.51. The van der Waals surface area contributed by atoms with Gasteiger partial charge >= 0.3 is 5.97 Å². The van der Waals surface area contributed by atoms with Crippen molar-refractivity contribution in [2.75, 3.05) is 5.88 Å². The molecule has 0 spiro atoms. The summed E-state index contributed by atoms with van der Waals surface area (Å²) in [7, 11) is 0. The third-order valence-electron chi connectivity index (χ3n) is 5.29. The summed E-state index contributed by atoms with van der Waals surface area (Å²) in [5.74, 6) is -0.517. The van der Waals surface area contributed by atoms with Gasteiger partial charge in [0.15, 0.2) is 5.75 Å². The highest BCUT2D eigenvalue weighted by Gasteiger charge is 2.41. The van der Waals surface area contributed by atoms with Crippen molar-refractivity contribution >= 4 is 17.6 Å². The highest BCUT2D eigenvalue weighted by molar-refractivity contribution is 6.17. The molecule has 1 aliphatic heterocycles. The van der Waals surface area contributed by atoms with Crippen LogP contribution in [0.1, 0.15) is 67.4 Å². The van der Waals surface area contributed by atoms with Crippen LogP contribution in [0.25, 0.3) is 11.1 Å². The van der Waals surface area contributed by atoms with Gasteiger partial charge in [-0.1, -0.05) is 49.6 Å². The second-order valence-electron chi connectivity index (χ2n) is 7.88. The predicted octanol–water partition coefficient (Wildman–Crippen LogP) is 6.38. The zero-order chi connectivity index (χ0) is 21.0. The van der Waals surface area contributed by atoms with Crippen molar-refractivity contribution in [3.8, 4) is 22.6 Å². The number of esters is 1. The van der Waals surface area contributed by atoms with Crippen LogP contribution in [0.4, 0.5) is 0 Å². The van der Waals surface area contributed by atoms with E-state index in [2.05, 4.69) is 6.92 Å². The molecular formula is C24H29ClO4. The minimum atomic E-state index is -1.11. The average molecular weight is 417 g/mol. The third-order valence-corrected chi connectivity index (χ3v) is 5.56. The monoisotopic (exact) mass is 416 g/mol. The maximum atomic E-state index is 13.1. The van der Waals surface area contributed by atoms with E-state index in [0.29, 0.717) is 42.0 Å². The first-order chi connectivity index (χ1) is 13.9. The molecular weight excluding hydrogens is 388 g/mol. The van der Waals surface area contributed by atoms with Gasteiger partial charge in [0.2, 0.25) is 0 Å². The SMILES string of the molecule is CCCCCc1cc(O)c(-c2cccc(C)c2)c2c1C(=O)OC(C)(CCCCl)O2. The maximum absolute atomic E-state index is 13.1. The standard InChI is InChI=1S/C24H29ClO4/c1-4-5-6-10-18-15-19(26)20(17-11-7-9-16(2)14-17)22-21(18)23(27)29-24(3,28-22)12-8-13-25/h7,9,11,14-15,26H,4-6,8,10,12-13H2,1-3H3. The molecule has 2 aromatic carbocycles. The number of halogens is 1. The van der Waals surface area contributed by atoms with Crippen LogP contribution < -0.4 is 4.74 Å². The second-order valence-corrected chi connectivity index (χ2v) is 8.26. The number of phenolic OH excluding ortho intramolecular Hbond substituents is 1. The summed E-state index contributed by atoms with van der Waals surface area (Å²) in [5, 5.41) is 10.9.